The van der Waals surface area contributed by atoms with E-state index in [1.165, 1.54) is 83.6 Å². The molecule has 0 saturated carbocycles. The molecular formula is C61H57BN2O. The van der Waals surface area contributed by atoms with Crippen LogP contribution in [0.1, 0.15) is 84.6 Å². The Morgan fingerprint density at radius 1 is 0.415 bits per heavy atom. The zero-order chi connectivity index (χ0) is 45.2. The standard InChI is InChI=1S/C61H57BN2O/c1-38-31-54-58-55(32-38)64(44-20-16-19-40(33-44)41-23-30-57-48(34-41)46-21-14-15-22-56(46)65-57)53-36-43(60(5,6)7)24-28-50(53)62(58)51-35-42(59(2,3)4)25-29-52(51)63(54)45-26-27-49(61(8,9)10)47(37-45)39-17-12-11-13-18-39/h11-37H,1-10H3. The predicted octanol–water partition coefficient (Wildman–Crippen LogP) is 15.2. The van der Waals surface area contributed by atoms with Crippen LogP contribution in [0.4, 0.5) is 34.1 Å². The highest BCUT2D eigenvalue weighted by Gasteiger charge is 2.44. The number of hydrogen-bond donors (Lipinski definition) is 0. The van der Waals surface area contributed by atoms with Crippen molar-refractivity contribution in [2.24, 2.45) is 0 Å². The molecule has 0 saturated heterocycles. The van der Waals surface area contributed by atoms with Crippen LogP contribution < -0.4 is 26.2 Å². The van der Waals surface area contributed by atoms with Gasteiger partial charge < -0.3 is 14.2 Å². The van der Waals surface area contributed by atoms with Gasteiger partial charge in [0.1, 0.15) is 11.2 Å². The number of benzene rings is 8. The highest BCUT2D eigenvalue weighted by molar-refractivity contribution is 7.00. The summed E-state index contributed by atoms with van der Waals surface area (Å²) in [6, 6.07) is 61.7. The van der Waals surface area contributed by atoms with Crippen molar-refractivity contribution in [3.63, 3.8) is 0 Å². The molecule has 0 amide bonds. The average molecular weight is 845 g/mol. The Balaban J connectivity index is 1.18. The molecule has 0 radical (unpaired) electrons. The fourth-order valence-electron chi connectivity index (χ4n) is 10.5. The van der Waals surface area contributed by atoms with Gasteiger partial charge in [-0.05, 0) is 151 Å². The summed E-state index contributed by atoms with van der Waals surface area (Å²) >= 11 is 0. The minimum atomic E-state index is -0.0419. The van der Waals surface area contributed by atoms with Crippen molar-refractivity contribution in [3.05, 3.63) is 186 Å². The number of hydrogen-bond acceptors (Lipinski definition) is 3. The zero-order valence-corrected chi connectivity index (χ0v) is 39.5. The zero-order valence-electron chi connectivity index (χ0n) is 39.5. The number of rotatable bonds is 4. The number of nitrogens with zero attached hydrogens (tertiary/aromatic N) is 2. The summed E-state index contributed by atoms with van der Waals surface area (Å²) in [4.78, 5) is 5.13. The lowest BCUT2D eigenvalue weighted by molar-refractivity contribution is 0.590. The van der Waals surface area contributed by atoms with E-state index in [9.17, 15) is 0 Å². The molecule has 0 N–H and O–H groups in total. The lowest BCUT2D eigenvalue weighted by Gasteiger charge is -2.45. The van der Waals surface area contributed by atoms with Gasteiger partial charge in [0.15, 0.2) is 0 Å². The Morgan fingerprint density at radius 3 is 1.78 bits per heavy atom. The molecule has 4 heteroatoms. The van der Waals surface area contributed by atoms with Gasteiger partial charge in [0.05, 0.1) is 0 Å². The highest BCUT2D eigenvalue weighted by Crippen LogP contribution is 2.48. The molecule has 1 aromatic heterocycles. The van der Waals surface area contributed by atoms with Crippen LogP contribution >= 0.6 is 0 Å². The first kappa shape index (κ1) is 41.0. The Hall–Kier alpha value is -6.78. The van der Waals surface area contributed by atoms with Gasteiger partial charge in [0, 0.05) is 44.9 Å². The largest absolute Gasteiger partial charge is 0.456 e. The molecule has 0 bridgehead atoms. The van der Waals surface area contributed by atoms with E-state index in [0.29, 0.717) is 0 Å². The van der Waals surface area contributed by atoms with Gasteiger partial charge in [-0.3, -0.25) is 0 Å². The molecule has 320 valence electrons. The van der Waals surface area contributed by atoms with E-state index >= 15 is 0 Å². The van der Waals surface area contributed by atoms with Gasteiger partial charge in [-0.2, -0.15) is 0 Å². The van der Waals surface area contributed by atoms with Crippen LogP contribution in [0.5, 0.6) is 0 Å². The fraction of sp³-hybridized carbons (Fsp3) is 0.213. The van der Waals surface area contributed by atoms with Crippen LogP contribution in [0.25, 0.3) is 44.2 Å². The molecule has 8 aromatic carbocycles. The lowest BCUT2D eigenvalue weighted by Crippen LogP contribution is -2.61. The number of anilines is 6. The van der Waals surface area contributed by atoms with E-state index in [0.717, 1.165) is 33.3 Å². The molecule has 65 heavy (non-hydrogen) atoms. The summed E-state index contributed by atoms with van der Waals surface area (Å²) < 4.78 is 6.26. The van der Waals surface area contributed by atoms with Gasteiger partial charge in [0.25, 0.3) is 6.71 Å². The first-order chi connectivity index (χ1) is 31.0. The lowest BCUT2D eigenvalue weighted by atomic mass is 9.33. The van der Waals surface area contributed by atoms with Crippen molar-refractivity contribution in [2.75, 3.05) is 9.80 Å². The van der Waals surface area contributed by atoms with Crippen LogP contribution in [0.15, 0.2) is 168 Å². The van der Waals surface area contributed by atoms with E-state index in [1.54, 1.807) is 0 Å². The molecule has 2 aliphatic heterocycles. The van der Waals surface area contributed by atoms with Crippen LogP contribution in [0.3, 0.4) is 0 Å². The summed E-state index contributed by atoms with van der Waals surface area (Å²) in [5.74, 6) is 0. The van der Waals surface area contributed by atoms with Gasteiger partial charge in [0.2, 0.25) is 0 Å². The Kier molecular flexibility index (Phi) is 9.22. The Morgan fingerprint density at radius 2 is 1.05 bits per heavy atom. The molecule has 0 atom stereocenters. The number of furan rings is 1. The second kappa shape index (κ2) is 14.6. The molecule has 2 aliphatic rings. The normalized spacial score (nSPS) is 13.6. The van der Waals surface area contributed by atoms with Crippen LogP contribution in [-0.2, 0) is 16.2 Å². The molecule has 3 heterocycles. The molecule has 0 spiro atoms. The van der Waals surface area contributed by atoms with Gasteiger partial charge in [-0.1, -0.05) is 159 Å². The van der Waals surface area contributed by atoms with E-state index in [-0.39, 0.29) is 23.0 Å². The Bertz CT molecular complexity index is 3360. The van der Waals surface area contributed by atoms with Gasteiger partial charge in [-0.25, -0.2) is 0 Å². The highest BCUT2D eigenvalue weighted by atomic mass is 16.3. The molecule has 11 rings (SSSR count). The quantitative estimate of drug-likeness (QED) is 0.165. The van der Waals surface area contributed by atoms with E-state index < -0.39 is 0 Å². The van der Waals surface area contributed by atoms with Crippen molar-refractivity contribution in [1.29, 1.82) is 0 Å². The second-order valence-electron chi connectivity index (χ2n) is 21.6. The summed E-state index contributed by atoms with van der Waals surface area (Å²) in [6.45, 7) is 23.2. The molecule has 3 nitrogen and oxygen atoms in total. The first-order valence-corrected chi connectivity index (χ1v) is 23.3. The third-order valence-corrected chi connectivity index (χ3v) is 13.9. The van der Waals surface area contributed by atoms with Crippen LogP contribution in [-0.4, -0.2) is 6.71 Å². The SMILES string of the molecule is Cc1cc2c3c(c1)N(c1cccc(-c4ccc5oc6ccccc6c5c4)c1)c1cc(C(C)(C)C)ccc1B3c1cc(C(C)(C)C)ccc1N2c1ccc(C(C)(C)C)c(-c2ccccc2)c1. The van der Waals surface area contributed by atoms with Gasteiger partial charge in [-0.15, -0.1) is 0 Å². The molecule has 0 unspecified atom stereocenters. The molecule has 0 fully saturated rings. The van der Waals surface area contributed by atoms with Crippen molar-refractivity contribution >= 4 is 79.2 Å². The van der Waals surface area contributed by atoms with Crippen LogP contribution in [0.2, 0.25) is 0 Å². The first-order valence-electron chi connectivity index (χ1n) is 23.3. The van der Waals surface area contributed by atoms with Crippen molar-refractivity contribution in [3.8, 4) is 22.3 Å². The smallest absolute Gasteiger partial charge is 0.252 e. The fourth-order valence-corrected chi connectivity index (χ4v) is 10.5. The van der Waals surface area contributed by atoms with Crippen molar-refractivity contribution < 1.29 is 4.42 Å². The molecular weight excluding hydrogens is 787 g/mol. The maximum atomic E-state index is 6.26. The molecule has 9 aromatic rings. The average Bonchev–Trinajstić information content (AvgIpc) is 3.66. The third-order valence-electron chi connectivity index (χ3n) is 13.9. The molecule has 0 aliphatic carbocycles. The van der Waals surface area contributed by atoms with E-state index in [2.05, 4.69) is 237 Å². The monoisotopic (exact) mass is 844 g/mol. The summed E-state index contributed by atoms with van der Waals surface area (Å²) in [7, 11) is 0. The van der Waals surface area contributed by atoms with Crippen molar-refractivity contribution in [2.45, 2.75) is 85.5 Å². The topological polar surface area (TPSA) is 19.6 Å². The number of fused-ring (bicyclic) bond motifs is 7. The number of aryl methyl sites for hydroxylation is 1. The minimum Gasteiger partial charge on any atom is -0.456 e. The van der Waals surface area contributed by atoms with Gasteiger partial charge >= 0.3 is 0 Å². The summed E-state index contributed by atoms with van der Waals surface area (Å²) in [6.07, 6.45) is 0. The third kappa shape index (κ3) is 6.80. The minimum absolute atomic E-state index is 0.0248. The van der Waals surface area contributed by atoms with Crippen LogP contribution in [0, 0.1) is 6.92 Å². The number of para-hydroxylation sites is 1. The predicted molar refractivity (Wildman–Crippen MR) is 279 cm³/mol. The maximum absolute atomic E-state index is 6.26. The summed E-state index contributed by atoms with van der Waals surface area (Å²) in [5, 5.41) is 2.28. The van der Waals surface area contributed by atoms with Crippen molar-refractivity contribution in [1.82, 2.24) is 0 Å². The maximum Gasteiger partial charge on any atom is 0.252 e. The van der Waals surface area contributed by atoms with E-state index in [1.807, 2.05) is 6.07 Å². The second-order valence-corrected chi connectivity index (χ2v) is 21.6. The summed E-state index contributed by atoms with van der Waals surface area (Å²) in [5.41, 5.74) is 23.0. The Labute approximate surface area is 385 Å². The van der Waals surface area contributed by atoms with E-state index in [4.69, 9.17) is 4.42 Å².